The minimum Gasteiger partial charge on any atom is -0.496 e. The Morgan fingerprint density at radius 1 is 1.00 bits per heavy atom. The van der Waals surface area contributed by atoms with Crippen molar-refractivity contribution in [2.24, 2.45) is 5.92 Å². The smallest absolute Gasteiger partial charge is 0.223 e. The molecule has 4 nitrogen and oxygen atoms in total. The number of methoxy groups -OCH3 is 1. The number of ketones is 1. The maximum atomic E-state index is 13.2. The predicted octanol–water partition coefficient (Wildman–Crippen LogP) is 5.71. The van der Waals surface area contributed by atoms with Crippen molar-refractivity contribution in [2.45, 2.75) is 50.4 Å². The van der Waals surface area contributed by atoms with Crippen LogP contribution in [0.1, 0.15) is 61.5 Å². The molecule has 2 aliphatic rings. The minimum atomic E-state index is -0.0411. The number of halogens is 1. The average Bonchev–Trinajstić information content (AvgIpc) is 3.65. The normalized spacial score (nSPS) is 17.9. The number of rotatable bonds is 8. The van der Waals surface area contributed by atoms with Gasteiger partial charge in [0.2, 0.25) is 5.91 Å². The highest BCUT2D eigenvalue weighted by Crippen LogP contribution is 2.37. The van der Waals surface area contributed by atoms with Gasteiger partial charge in [-0.3, -0.25) is 9.59 Å². The molecule has 1 aliphatic carbocycles. The monoisotopic (exact) mass is 483 g/mol. The van der Waals surface area contributed by atoms with Gasteiger partial charge in [0.1, 0.15) is 11.5 Å². The molecule has 2 fully saturated rings. The van der Waals surface area contributed by atoms with Crippen molar-refractivity contribution in [1.29, 1.82) is 0 Å². The van der Waals surface area contributed by atoms with Gasteiger partial charge in [-0.05, 0) is 66.8 Å². The molecule has 1 unspecified atom stereocenters. The summed E-state index contributed by atoms with van der Waals surface area (Å²) in [6.07, 6.45) is 4.77. The molecular weight excluding hydrogens is 454 g/mol. The molecule has 1 aliphatic heterocycles. The fraction of sp³-hybridized carbons (Fsp3) is 0.462. The van der Waals surface area contributed by atoms with Gasteiger partial charge >= 0.3 is 0 Å². The summed E-state index contributed by atoms with van der Waals surface area (Å²) in [7, 11) is 1.71. The van der Waals surface area contributed by atoms with E-state index in [9.17, 15) is 9.59 Å². The molecule has 1 atom stereocenters. The van der Waals surface area contributed by atoms with E-state index in [1.165, 1.54) is 5.56 Å². The van der Waals surface area contributed by atoms with E-state index < -0.39 is 0 Å². The van der Waals surface area contributed by atoms with Crippen LogP contribution in [-0.2, 0) is 9.59 Å². The van der Waals surface area contributed by atoms with E-state index in [1.54, 1.807) is 7.11 Å². The molecule has 0 aromatic heterocycles. The number of para-hydroxylation sites is 1. The summed E-state index contributed by atoms with van der Waals surface area (Å²) in [5.41, 5.74) is 2.31. The van der Waals surface area contributed by atoms with Crippen LogP contribution in [0.2, 0.25) is 0 Å². The molecular formula is C26H30BrNO3. The van der Waals surface area contributed by atoms with Crippen LogP contribution in [0.4, 0.5) is 0 Å². The number of carbonyl (C=O) groups excluding carboxylic acids is 2. The second-order valence-corrected chi connectivity index (χ2v) is 9.71. The van der Waals surface area contributed by atoms with Crippen molar-refractivity contribution in [1.82, 2.24) is 4.90 Å². The third-order valence-electron chi connectivity index (χ3n) is 6.67. The highest BCUT2D eigenvalue weighted by Gasteiger charge is 2.33. The Morgan fingerprint density at radius 3 is 2.32 bits per heavy atom. The van der Waals surface area contributed by atoms with Gasteiger partial charge in [-0.25, -0.2) is 0 Å². The quantitative estimate of drug-likeness (QED) is 0.483. The lowest BCUT2D eigenvalue weighted by Gasteiger charge is -2.33. The standard InChI is InChI=1S/C26H30BrNO3/c1-31-25-5-3-2-4-23(25)19-12-14-28(15-13-19)26(30)17-21(16-24(29)20-6-7-20)18-8-10-22(27)11-9-18/h2-5,8-11,19-21H,6-7,12-17H2,1H3. The zero-order valence-corrected chi connectivity index (χ0v) is 19.6. The number of benzene rings is 2. The third-order valence-corrected chi connectivity index (χ3v) is 7.20. The van der Waals surface area contributed by atoms with Gasteiger partial charge in [-0.1, -0.05) is 46.3 Å². The fourth-order valence-corrected chi connectivity index (χ4v) is 4.91. The Kier molecular flexibility index (Phi) is 7.11. The lowest BCUT2D eigenvalue weighted by atomic mass is 9.87. The van der Waals surface area contributed by atoms with Crippen LogP contribution >= 0.6 is 15.9 Å². The molecule has 1 heterocycles. The van der Waals surface area contributed by atoms with E-state index in [1.807, 2.05) is 41.3 Å². The number of piperidine rings is 1. The zero-order chi connectivity index (χ0) is 21.8. The van der Waals surface area contributed by atoms with Crippen LogP contribution in [0.15, 0.2) is 53.0 Å². The van der Waals surface area contributed by atoms with Gasteiger partial charge in [-0.2, -0.15) is 0 Å². The number of hydrogen-bond donors (Lipinski definition) is 0. The summed E-state index contributed by atoms with van der Waals surface area (Å²) in [6, 6.07) is 16.2. The summed E-state index contributed by atoms with van der Waals surface area (Å²) >= 11 is 3.48. The van der Waals surface area contributed by atoms with Crippen LogP contribution in [0, 0.1) is 5.92 Å². The molecule has 1 saturated carbocycles. The Bertz CT molecular complexity index is 915. The van der Waals surface area contributed by atoms with Gasteiger partial charge in [0, 0.05) is 36.3 Å². The molecule has 1 saturated heterocycles. The van der Waals surface area contributed by atoms with E-state index in [0.717, 1.165) is 54.6 Å². The van der Waals surface area contributed by atoms with Gasteiger partial charge in [-0.15, -0.1) is 0 Å². The van der Waals surface area contributed by atoms with Crippen LogP contribution in [0.3, 0.4) is 0 Å². The molecule has 0 radical (unpaired) electrons. The summed E-state index contributed by atoms with van der Waals surface area (Å²) in [4.78, 5) is 27.7. The fourth-order valence-electron chi connectivity index (χ4n) is 4.64. The van der Waals surface area contributed by atoms with Crippen molar-refractivity contribution >= 4 is 27.6 Å². The van der Waals surface area contributed by atoms with Crippen molar-refractivity contribution in [2.75, 3.05) is 20.2 Å². The molecule has 2 aromatic rings. The SMILES string of the molecule is COc1ccccc1C1CCN(C(=O)CC(CC(=O)C2CC2)c2ccc(Br)cc2)CC1. The highest BCUT2D eigenvalue weighted by molar-refractivity contribution is 9.10. The van der Waals surface area contributed by atoms with Crippen LogP contribution in [-0.4, -0.2) is 36.8 Å². The summed E-state index contributed by atoms with van der Waals surface area (Å²) in [5, 5.41) is 0. The van der Waals surface area contributed by atoms with Crippen LogP contribution in [0.5, 0.6) is 5.75 Å². The van der Waals surface area contributed by atoms with E-state index in [2.05, 4.69) is 28.1 Å². The number of likely N-dealkylation sites (tertiary alicyclic amines) is 1. The van der Waals surface area contributed by atoms with Crippen LogP contribution in [0.25, 0.3) is 0 Å². The second kappa shape index (κ2) is 9.99. The van der Waals surface area contributed by atoms with E-state index in [0.29, 0.717) is 24.5 Å². The van der Waals surface area contributed by atoms with Crippen molar-refractivity contribution in [3.05, 3.63) is 64.1 Å². The molecule has 0 bridgehead atoms. The Morgan fingerprint density at radius 2 is 1.68 bits per heavy atom. The number of carbonyl (C=O) groups is 2. The highest BCUT2D eigenvalue weighted by atomic mass is 79.9. The molecule has 0 N–H and O–H groups in total. The predicted molar refractivity (Wildman–Crippen MR) is 125 cm³/mol. The van der Waals surface area contributed by atoms with E-state index in [4.69, 9.17) is 4.74 Å². The molecule has 31 heavy (non-hydrogen) atoms. The zero-order valence-electron chi connectivity index (χ0n) is 18.1. The van der Waals surface area contributed by atoms with Crippen LogP contribution < -0.4 is 4.74 Å². The van der Waals surface area contributed by atoms with Crippen molar-refractivity contribution in [3.63, 3.8) is 0 Å². The van der Waals surface area contributed by atoms with Gasteiger partial charge in [0.15, 0.2) is 0 Å². The first-order chi connectivity index (χ1) is 15.0. The summed E-state index contributed by atoms with van der Waals surface area (Å²) in [5.74, 6) is 2.01. The lowest BCUT2D eigenvalue weighted by molar-refractivity contribution is -0.132. The second-order valence-electron chi connectivity index (χ2n) is 8.79. The molecule has 4 rings (SSSR count). The number of nitrogens with zero attached hydrogens (tertiary/aromatic N) is 1. The van der Waals surface area contributed by atoms with Gasteiger partial charge < -0.3 is 9.64 Å². The molecule has 0 spiro atoms. The summed E-state index contributed by atoms with van der Waals surface area (Å²) < 4.78 is 6.54. The van der Waals surface area contributed by atoms with E-state index >= 15 is 0 Å². The Labute approximate surface area is 193 Å². The topological polar surface area (TPSA) is 46.6 Å². The first kappa shape index (κ1) is 22.1. The summed E-state index contributed by atoms with van der Waals surface area (Å²) in [6.45, 7) is 1.51. The van der Waals surface area contributed by atoms with E-state index in [-0.39, 0.29) is 17.7 Å². The number of ether oxygens (including phenoxy) is 1. The van der Waals surface area contributed by atoms with Crippen molar-refractivity contribution < 1.29 is 14.3 Å². The molecule has 164 valence electrons. The maximum Gasteiger partial charge on any atom is 0.223 e. The Hall–Kier alpha value is -2.14. The Balaban J connectivity index is 1.39. The minimum absolute atomic E-state index is 0.0411. The van der Waals surface area contributed by atoms with Crippen molar-refractivity contribution in [3.8, 4) is 5.75 Å². The number of hydrogen-bond acceptors (Lipinski definition) is 3. The third kappa shape index (κ3) is 5.57. The van der Waals surface area contributed by atoms with Gasteiger partial charge in [0.05, 0.1) is 7.11 Å². The first-order valence-corrected chi connectivity index (χ1v) is 12.0. The molecule has 2 aromatic carbocycles. The number of Topliss-reactive ketones (excluding diaryl/α,β-unsaturated/α-hetero) is 1. The molecule has 5 heteroatoms. The molecule has 1 amide bonds. The van der Waals surface area contributed by atoms with Gasteiger partial charge in [0.25, 0.3) is 0 Å². The number of amides is 1. The maximum absolute atomic E-state index is 13.2. The average molecular weight is 484 g/mol. The first-order valence-electron chi connectivity index (χ1n) is 11.2. The largest absolute Gasteiger partial charge is 0.496 e. The lowest BCUT2D eigenvalue weighted by Crippen LogP contribution is -2.38.